The lowest BCUT2D eigenvalue weighted by molar-refractivity contribution is 0.0630. The minimum absolute atomic E-state index is 0.404. The Morgan fingerprint density at radius 1 is 0.667 bits per heavy atom. The molecule has 0 heteroatoms. The van der Waals surface area contributed by atoms with Gasteiger partial charge in [-0.2, -0.15) is 0 Å². The summed E-state index contributed by atoms with van der Waals surface area (Å²) in [4.78, 5) is 0. The second kappa shape index (κ2) is 10.7. The first kappa shape index (κ1) is 27.3. The molecule has 0 spiro atoms. The Morgan fingerprint density at radius 2 is 1.10 bits per heavy atom. The fraction of sp³-hybridized carbons (Fsp3) is 0.800. The second-order valence-electron chi connectivity index (χ2n) is 14.6. The molecule has 0 N–H and O–H groups in total. The van der Waals surface area contributed by atoms with Gasteiger partial charge in [0.25, 0.3) is 0 Å². The average molecular weight is 415 g/mol. The number of hydrogen-bond acceptors (Lipinski definition) is 0. The van der Waals surface area contributed by atoms with Crippen LogP contribution in [0.1, 0.15) is 120 Å². The summed E-state index contributed by atoms with van der Waals surface area (Å²) in [6.45, 7) is 25.6. The predicted molar refractivity (Wildman–Crippen MR) is 137 cm³/mol. The molecule has 3 rings (SSSR count). The topological polar surface area (TPSA) is 0 Å². The van der Waals surface area contributed by atoms with Crippen LogP contribution in [0.25, 0.3) is 0 Å². The van der Waals surface area contributed by atoms with Crippen molar-refractivity contribution in [1.29, 1.82) is 0 Å². The Bertz CT molecular complexity index is 574. The Morgan fingerprint density at radius 3 is 1.40 bits per heavy atom. The number of benzene rings is 1. The Hall–Kier alpha value is -0.780. The van der Waals surface area contributed by atoms with Gasteiger partial charge in [0, 0.05) is 0 Å². The molecule has 0 radical (unpaired) electrons. The highest BCUT2D eigenvalue weighted by Gasteiger charge is 2.37. The molecule has 0 amide bonds. The summed E-state index contributed by atoms with van der Waals surface area (Å²) in [5.41, 5.74) is 3.62. The minimum atomic E-state index is 0.404. The number of hydrogen-bond donors (Lipinski definition) is 0. The van der Waals surface area contributed by atoms with Gasteiger partial charge >= 0.3 is 0 Å². The van der Waals surface area contributed by atoms with E-state index < -0.39 is 0 Å². The fourth-order valence-corrected chi connectivity index (χ4v) is 4.91. The molecule has 0 aromatic heterocycles. The molecule has 2 aliphatic rings. The van der Waals surface area contributed by atoms with E-state index in [2.05, 4.69) is 106 Å². The zero-order valence-electron chi connectivity index (χ0n) is 22.5. The Kier molecular flexibility index (Phi) is 9.71. The maximum absolute atomic E-state index is 2.38. The van der Waals surface area contributed by atoms with Crippen LogP contribution in [0.5, 0.6) is 0 Å². The second-order valence-corrected chi connectivity index (χ2v) is 14.6. The summed E-state index contributed by atoms with van der Waals surface area (Å²) in [5.74, 6) is 2.11. The molecule has 0 aliphatic heterocycles. The minimum Gasteiger partial charge on any atom is -0.0622 e. The smallest absolute Gasteiger partial charge is 0.0230 e. The zero-order valence-corrected chi connectivity index (χ0v) is 22.5. The molecule has 0 unspecified atom stereocenters. The van der Waals surface area contributed by atoms with E-state index in [0.717, 1.165) is 18.3 Å². The summed E-state index contributed by atoms with van der Waals surface area (Å²) in [7, 11) is 0. The molecule has 2 aliphatic carbocycles. The molecule has 0 atom stereocenters. The first-order chi connectivity index (χ1) is 13.4. The van der Waals surface area contributed by atoms with Gasteiger partial charge in [-0.1, -0.05) is 119 Å². The lowest BCUT2D eigenvalue weighted by Gasteiger charge is -2.45. The third-order valence-electron chi connectivity index (χ3n) is 5.76. The van der Waals surface area contributed by atoms with E-state index in [4.69, 9.17) is 0 Å². The SMILES string of the molecule is CC(C)(C)CC1CC(C)(C)C1.CC(C)(C)CC1CC1.CC(C)(C)Cc1ccccc1. The van der Waals surface area contributed by atoms with Crippen molar-refractivity contribution in [3.63, 3.8) is 0 Å². The van der Waals surface area contributed by atoms with Crippen molar-refractivity contribution in [3.05, 3.63) is 35.9 Å². The zero-order chi connectivity index (χ0) is 23.2. The molecule has 0 bridgehead atoms. The molecule has 30 heavy (non-hydrogen) atoms. The highest BCUT2D eigenvalue weighted by molar-refractivity contribution is 5.15. The van der Waals surface area contributed by atoms with Crippen LogP contribution in [0.3, 0.4) is 0 Å². The number of rotatable bonds is 3. The van der Waals surface area contributed by atoms with E-state index in [1.165, 1.54) is 44.1 Å². The predicted octanol–water partition coefficient (Wildman–Crippen LogP) is 9.97. The third-order valence-corrected chi connectivity index (χ3v) is 5.76. The highest BCUT2D eigenvalue weighted by atomic mass is 14.4. The fourth-order valence-electron chi connectivity index (χ4n) is 4.91. The van der Waals surface area contributed by atoms with Gasteiger partial charge in [0.05, 0.1) is 0 Å². The van der Waals surface area contributed by atoms with E-state index in [1.54, 1.807) is 0 Å². The van der Waals surface area contributed by atoms with Crippen molar-refractivity contribution < 1.29 is 0 Å². The normalized spacial score (nSPS) is 19.0. The quantitative estimate of drug-likeness (QED) is 0.461. The van der Waals surface area contributed by atoms with Crippen LogP contribution >= 0.6 is 0 Å². The van der Waals surface area contributed by atoms with Crippen LogP contribution in [0.2, 0.25) is 0 Å². The van der Waals surface area contributed by atoms with Gasteiger partial charge in [0.2, 0.25) is 0 Å². The summed E-state index contributed by atoms with van der Waals surface area (Å²) < 4.78 is 0. The van der Waals surface area contributed by atoms with Crippen molar-refractivity contribution in [2.75, 3.05) is 0 Å². The standard InChI is InChI=1S/C11H22.C11H16.C8H16/c1-10(2,3)6-9-7-11(4,5)8-9;1-11(2,3)9-10-7-5-4-6-8-10;1-8(2,3)6-7-4-5-7/h9H,6-8H2,1-5H3;4-8H,9H2,1-3H3;7H,4-6H2,1-3H3. The molecule has 174 valence electrons. The van der Waals surface area contributed by atoms with Gasteiger partial charge in [-0.25, -0.2) is 0 Å². The highest BCUT2D eigenvalue weighted by Crippen LogP contribution is 2.49. The molecule has 0 nitrogen and oxygen atoms in total. The van der Waals surface area contributed by atoms with Crippen LogP contribution in [-0.4, -0.2) is 0 Å². The van der Waals surface area contributed by atoms with E-state index in [9.17, 15) is 0 Å². The monoisotopic (exact) mass is 414 g/mol. The molecule has 0 saturated heterocycles. The molecule has 0 heterocycles. The third kappa shape index (κ3) is 15.1. The van der Waals surface area contributed by atoms with Crippen molar-refractivity contribution in [2.24, 2.45) is 33.5 Å². The molecular weight excluding hydrogens is 360 g/mol. The van der Waals surface area contributed by atoms with Crippen LogP contribution in [0.15, 0.2) is 30.3 Å². The van der Waals surface area contributed by atoms with Crippen LogP contribution < -0.4 is 0 Å². The van der Waals surface area contributed by atoms with E-state index in [0.29, 0.717) is 21.7 Å². The van der Waals surface area contributed by atoms with Crippen molar-refractivity contribution in [1.82, 2.24) is 0 Å². The maximum atomic E-state index is 2.38. The van der Waals surface area contributed by atoms with E-state index in [-0.39, 0.29) is 0 Å². The molecule has 1 aromatic carbocycles. The molecule has 1 aromatic rings. The van der Waals surface area contributed by atoms with Crippen LogP contribution in [0.4, 0.5) is 0 Å². The first-order valence-corrected chi connectivity index (χ1v) is 12.5. The summed E-state index contributed by atoms with van der Waals surface area (Å²) in [6.07, 6.45) is 9.90. The summed E-state index contributed by atoms with van der Waals surface area (Å²) >= 11 is 0. The van der Waals surface area contributed by atoms with Gasteiger partial charge in [0.15, 0.2) is 0 Å². The van der Waals surface area contributed by atoms with Gasteiger partial charge in [-0.15, -0.1) is 0 Å². The van der Waals surface area contributed by atoms with Crippen molar-refractivity contribution in [3.8, 4) is 0 Å². The van der Waals surface area contributed by atoms with Gasteiger partial charge in [-0.05, 0) is 71.2 Å². The summed E-state index contributed by atoms with van der Waals surface area (Å²) in [5, 5.41) is 0. The van der Waals surface area contributed by atoms with Gasteiger partial charge in [-0.3, -0.25) is 0 Å². The maximum Gasteiger partial charge on any atom is -0.0230 e. The lowest BCUT2D eigenvalue weighted by Crippen LogP contribution is -2.33. The van der Waals surface area contributed by atoms with Crippen LogP contribution in [-0.2, 0) is 6.42 Å². The van der Waals surface area contributed by atoms with E-state index in [1.807, 2.05) is 0 Å². The average Bonchev–Trinajstić information content (AvgIpc) is 3.26. The van der Waals surface area contributed by atoms with E-state index >= 15 is 0 Å². The van der Waals surface area contributed by atoms with Gasteiger partial charge < -0.3 is 0 Å². The van der Waals surface area contributed by atoms with Crippen LogP contribution in [0, 0.1) is 33.5 Å². The van der Waals surface area contributed by atoms with Gasteiger partial charge in [0.1, 0.15) is 0 Å². The van der Waals surface area contributed by atoms with Crippen molar-refractivity contribution in [2.45, 2.75) is 121 Å². The first-order valence-electron chi connectivity index (χ1n) is 12.5. The van der Waals surface area contributed by atoms with Crippen molar-refractivity contribution >= 4 is 0 Å². The summed E-state index contributed by atoms with van der Waals surface area (Å²) in [6, 6.07) is 10.6. The molecular formula is C30H54. The Labute approximate surface area is 190 Å². The molecule has 2 saturated carbocycles. The Balaban J connectivity index is 0.000000228. The molecule has 2 fully saturated rings. The lowest BCUT2D eigenvalue weighted by atomic mass is 9.61. The largest absolute Gasteiger partial charge is 0.0622 e.